The lowest BCUT2D eigenvalue weighted by molar-refractivity contribution is -0.159. The fourth-order valence-corrected chi connectivity index (χ4v) is 3.39. The van der Waals surface area contributed by atoms with Gasteiger partial charge in [0, 0.05) is 5.92 Å². The van der Waals surface area contributed by atoms with E-state index in [2.05, 4.69) is 36.2 Å². The van der Waals surface area contributed by atoms with Crippen LogP contribution in [0.5, 0.6) is 0 Å². The quantitative estimate of drug-likeness (QED) is 0.912. The number of carbonyl (C=O) groups excluding carboxylic acids is 1. The first kappa shape index (κ1) is 15.5. The maximum Gasteiger partial charge on any atom is 0.226 e. The molecule has 2 aliphatic heterocycles. The summed E-state index contributed by atoms with van der Waals surface area (Å²) in [7, 11) is 0. The van der Waals surface area contributed by atoms with Crippen LogP contribution in [0.1, 0.15) is 38.4 Å². The van der Waals surface area contributed by atoms with Gasteiger partial charge in [-0.3, -0.25) is 4.79 Å². The summed E-state index contributed by atoms with van der Waals surface area (Å²) < 4.78 is 6.04. The maximum atomic E-state index is 13.0. The number of morpholine rings is 1. The minimum absolute atomic E-state index is 0.0140. The second-order valence-corrected chi connectivity index (χ2v) is 7.00. The van der Waals surface area contributed by atoms with Gasteiger partial charge in [-0.25, -0.2) is 0 Å². The SMILES string of the molecule is CC1(C)COC(c2ccccc2)CN1C(=O)C1CCNCC1. The third-order valence-electron chi connectivity index (χ3n) is 4.84. The average molecular weight is 302 g/mol. The van der Waals surface area contributed by atoms with Crippen LogP contribution in [0.25, 0.3) is 0 Å². The molecule has 22 heavy (non-hydrogen) atoms. The van der Waals surface area contributed by atoms with Gasteiger partial charge in [-0.2, -0.15) is 0 Å². The molecule has 2 fully saturated rings. The van der Waals surface area contributed by atoms with E-state index in [1.807, 2.05) is 18.2 Å². The highest BCUT2D eigenvalue weighted by atomic mass is 16.5. The summed E-state index contributed by atoms with van der Waals surface area (Å²) in [4.78, 5) is 15.0. The zero-order chi connectivity index (χ0) is 15.6. The van der Waals surface area contributed by atoms with Crippen LogP contribution in [-0.4, -0.2) is 42.6 Å². The lowest BCUT2D eigenvalue weighted by Crippen LogP contribution is -2.58. The van der Waals surface area contributed by atoms with Crippen LogP contribution >= 0.6 is 0 Å². The molecule has 2 aliphatic rings. The van der Waals surface area contributed by atoms with Gasteiger partial charge >= 0.3 is 0 Å². The van der Waals surface area contributed by atoms with Gasteiger partial charge in [0.25, 0.3) is 0 Å². The van der Waals surface area contributed by atoms with Gasteiger partial charge in [0.1, 0.15) is 6.10 Å². The van der Waals surface area contributed by atoms with E-state index in [1.165, 1.54) is 0 Å². The second-order valence-electron chi connectivity index (χ2n) is 7.00. The normalized spacial score (nSPS) is 25.9. The van der Waals surface area contributed by atoms with Crippen LogP contribution in [0.15, 0.2) is 30.3 Å². The summed E-state index contributed by atoms with van der Waals surface area (Å²) in [5.74, 6) is 0.464. The highest BCUT2D eigenvalue weighted by Crippen LogP contribution is 2.32. The molecule has 0 spiro atoms. The number of benzene rings is 1. The van der Waals surface area contributed by atoms with Gasteiger partial charge in [0.05, 0.1) is 18.7 Å². The summed E-state index contributed by atoms with van der Waals surface area (Å²) in [5.41, 5.74) is 0.925. The summed E-state index contributed by atoms with van der Waals surface area (Å²) in [6.07, 6.45) is 1.88. The Bertz CT molecular complexity index is 509. The van der Waals surface area contributed by atoms with Gasteiger partial charge in [-0.1, -0.05) is 30.3 Å². The first-order valence-corrected chi connectivity index (χ1v) is 8.27. The van der Waals surface area contributed by atoms with Gasteiger partial charge in [0.2, 0.25) is 5.91 Å². The molecule has 2 saturated heterocycles. The topological polar surface area (TPSA) is 41.6 Å². The minimum atomic E-state index is -0.229. The van der Waals surface area contributed by atoms with Crippen LogP contribution in [0, 0.1) is 5.92 Å². The Kier molecular flexibility index (Phi) is 4.50. The average Bonchev–Trinajstić information content (AvgIpc) is 2.56. The predicted molar refractivity (Wildman–Crippen MR) is 86.5 cm³/mol. The molecule has 1 atom stereocenters. The molecular formula is C18H26N2O2. The summed E-state index contributed by atoms with van der Waals surface area (Å²) in [6, 6.07) is 10.2. The summed E-state index contributed by atoms with van der Waals surface area (Å²) >= 11 is 0. The molecular weight excluding hydrogens is 276 g/mol. The van der Waals surface area contributed by atoms with Crippen LogP contribution in [0.3, 0.4) is 0 Å². The van der Waals surface area contributed by atoms with E-state index in [0.29, 0.717) is 19.1 Å². The number of piperidine rings is 1. The molecule has 2 heterocycles. The van der Waals surface area contributed by atoms with Crippen LogP contribution in [0.2, 0.25) is 0 Å². The number of rotatable bonds is 2. The van der Waals surface area contributed by atoms with Crippen molar-refractivity contribution >= 4 is 5.91 Å². The van der Waals surface area contributed by atoms with Crippen molar-refractivity contribution in [2.75, 3.05) is 26.2 Å². The molecule has 4 heteroatoms. The molecule has 1 aromatic carbocycles. The number of amides is 1. The van der Waals surface area contributed by atoms with Crippen molar-refractivity contribution in [3.05, 3.63) is 35.9 Å². The Labute approximate surface area is 132 Å². The molecule has 3 rings (SSSR count). The maximum absolute atomic E-state index is 13.0. The standard InChI is InChI=1S/C18H26N2O2/c1-18(2)13-22-16(14-6-4-3-5-7-14)12-20(18)17(21)15-8-10-19-11-9-15/h3-7,15-16,19H,8-13H2,1-2H3. The van der Waals surface area contributed by atoms with E-state index in [-0.39, 0.29) is 17.6 Å². The van der Waals surface area contributed by atoms with E-state index in [4.69, 9.17) is 4.74 Å². The molecule has 120 valence electrons. The highest BCUT2D eigenvalue weighted by Gasteiger charge is 2.40. The number of hydrogen-bond donors (Lipinski definition) is 1. The molecule has 1 N–H and O–H groups in total. The third-order valence-corrected chi connectivity index (χ3v) is 4.84. The zero-order valence-electron chi connectivity index (χ0n) is 13.5. The Hall–Kier alpha value is -1.39. The summed E-state index contributed by atoms with van der Waals surface area (Å²) in [6.45, 7) is 7.34. The second kappa shape index (κ2) is 6.39. The van der Waals surface area contributed by atoms with Crippen molar-refractivity contribution < 1.29 is 9.53 Å². The van der Waals surface area contributed by atoms with Gasteiger partial charge in [-0.05, 0) is 45.3 Å². The monoisotopic (exact) mass is 302 g/mol. The molecule has 0 aliphatic carbocycles. The fraction of sp³-hybridized carbons (Fsp3) is 0.611. The number of ether oxygens (including phenoxy) is 1. The van der Waals surface area contributed by atoms with Crippen molar-refractivity contribution in [2.45, 2.75) is 38.3 Å². The Morgan fingerprint density at radius 2 is 1.91 bits per heavy atom. The molecule has 0 bridgehead atoms. The molecule has 0 aromatic heterocycles. The number of hydrogen-bond acceptors (Lipinski definition) is 3. The zero-order valence-corrected chi connectivity index (χ0v) is 13.5. The lowest BCUT2D eigenvalue weighted by Gasteiger charge is -2.47. The molecule has 0 radical (unpaired) electrons. The van der Waals surface area contributed by atoms with Gasteiger partial charge in [-0.15, -0.1) is 0 Å². The smallest absolute Gasteiger partial charge is 0.226 e. The van der Waals surface area contributed by atoms with Crippen molar-refractivity contribution in [1.29, 1.82) is 0 Å². The predicted octanol–water partition coefficient (Wildman–Crippen LogP) is 2.36. The number of carbonyl (C=O) groups is 1. The van der Waals surface area contributed by atoms with E-state index < -0.39 is 0 Å². The molecule has 0 saturated carbocycles. The van der Waals surface area contributed by atoms with E-state index in [0.717, 1.165) is 31.5 Å². The minimum Gasteiger partial charge on any atom is -0.369 e. The molecule has 1 unspecified atom stereocenters. The van der Waals surface area contributed by atoms with Crippen LogP contribution in [0.4, 0.5) is 0 Å². The fourth-order valence-electron chi connectivity index (χ4n) is 3.39. The Morgan fingerprint density at radius 3 is 2.59 bits per heavy atom. The third kappa shape index (κ3) is 3.18. The first-order chi connectivity index (χ1) is 10.6. The highest BCUT2D eigenvalue weighted by molar-refractivity contribution is 5.80. The molecule has 1 amide bonds. The van der Waals surface area contributed by atoms with Crippen LogP contribution in [-0.2, 0) is 9.53 Å². The van der Waals surface area contributed by atoms with Crippen LogP contribution < -0.4 is 5.32 Å². The van der Waals surface area contributed by atoms with Crippen molar-refractivity contribution in [3.63, 3.8) is 0 Å². The van der Waals surface area contributed by atoms with E-state index in [9.17, 15) is 4.79 Å². The van der Waals surface area contributed by atoms with E-state index in [1.54, 1.807) is 0 Å². The summed E-state index contributed by atoms with van der Waals surface area (Å²) in [5, 5.41) is 3.33. The van der Waals surface area contributed by atoms with E-state index >= 15 is 0 Å². The lowest BCUT2D eigenvalue weighted by atomic mass is 9.91. The van der Waals surface area contributed by atoms with Crippen molar-refractivity contribution in [1.82, 2.24) is 10.2 Å². The number of nitrogens with zero attached hydrogens (tertiary/aromatic N) is 1. The van der Waals surface area contributed by atoms with Crippen molar-refractivity contribution in [2.24, 2.45) is 5.92 Å². The first-order valence-electron chi connectivity index (χ1n) is 8.27. The Balaban J connectivity index is 1.76. The van der Waals surface area contributed by atoms with Crippen molar-refractivity contribution in [3.8, 4) is 0 Å². The Morgan fingerprint density at radius 1 is 1.23 bits per heavy atom. The molecule has 1 aromatic rings. The molecule has 4 nitrogen and oxygen atoms in total. The largest absolute Gasteiger partial charge is 0.369 e. The number of nitrogens with one attached hydrogen (secondary N) is 1. The van der Waals surface area contributed by atoms with Gasteiger partial charge in [0.15, 0.2) is 0 Å². The van der Waals surface area contributed by atoms with Gasteiger partial charge < -0.3 is 15.0 Å².